The molecule has 0 aromatic rings. The molecule has 0 atom stereocenters. The monoisotopic (exact) mass is 211 g/mol. The van der Waals surface area contributed by atoms with Gasteiger partial charge in [-0.3, -0.25) is 4.79 Å². The van der Waals surface area contributed by atoms with Crippen LogP contribution in [0.2, 0.25) is 0 Å². The number of thioether (sulfide) groups is 1. The number of halogens is 1. The second kappa shape index (κ2) is 6.57. The average Bonchev–Trinajstić information content (AvgIpc) is 2.03. The van der Waals surface area contributed by atoms with Crippen molar-refractivity contribution < 1.29 is 9.90 Å². The summed E-state index contributed by atoms with van der Waals surface area (Å²) in [5.74, 6) is 1.61. The highest BCUT2D eigenvalue weighted by atomic mass is 35.5. The molecule has 0 aromatic carbocycles. The predicted molar refractivity (Wildman–Crippen MR) is 53.3 cm³/mol. The SMILES string of the molecule is Cl.O=C(O)CCN1CCSCC1. The molecule has 1 fully saturated rings. The molecule has 1 saturated heterocycles. The van der Waals surface area contributed by atoms with Crippen molar-refractivity contribution in [3.8, 4) is 0 Å². The molecule has 1 rings (SSSR count). The zero-order valence-electron chi connectivity index (χ0n) is 6.86. The van der Waals surface area contributed by atoms with Gasteiger partial charge in [0.05, 0.1) is 6.42 Å². The first-order valence-electron chi connectivity index (χ1n) is 3.81. The van der Waals surface area contributed by atoms with Crippen molar-refractivity contribution in [3.05, 3.63) is 0 Å². The van der Waals surface area contributed by atoms with Gasteiger partial charge in [0.1, 0.15) is 0 Å². The Hall–Kier alpha value is 0.0700. The topological polar surface area (TPSA) is 40.5 Å². The molecule has 0 unspecified atom stereocenters. The van der Waals surface area contributed by atoms with Crippen molar-refractivity contribution in [2.75, 3.05) is 31.1 Å². The van der Waals surface area contributed by atoms with E-state index in [1.54, 1.807) is 0 Å². The van der Waals surface area contributed by atoms with Crippen molar-refractivity contribution in [3.63, 3.8) is 0 Å². The maximum absolute atomic E-state index is 10.2. The Morgan fingerprint density at radius 1 is 1.42 bits per heavy atom. The van der Waals surface area contributed by atoms with Crippen LogP contribution in [0.3, 0.4) is 0 Å². The van der Waals surface area contributed by atoms with Gasteiger partial charge < -0.3 is 10.0 Å². The Morgan fingerprint density at radius 2 is 2.00 bits per heavy atom. The van der Waals surface area contributed by atoms with Gasteiger partial charge in [0.2, 0.25) is 0 Å². The quantitative estimate of drug-likeness (QED) is 0.754. The lowest BCUT2D eigenvalue weighted by Gasteiger charge is -2.25. The second-order valence-corrected chi connectivity index (χ2v) is 3.82. The molecule has 1 heterocycles. The number of rotatable bonds is 3. The summed E-state index contributed by atoms with van der Waals surface area (Å²) >= 11 is 1.94. The third kappa shape index (κ3) is 4.85. The summed E-state index contributed by atoms with van der Waals surface area (Å²) in [6.45, 7) is 2.83. The van der Waals surface area contributed by atoms with E-state index in [0.717, 1.165) is 31.1 Å². The molecule has 0 bridgehead atoms. The normalized spacial score (nSPS) is 18.3. The van der Waals surface area contributed by atoms with Crippen LogP contribution in [-0.2, 0) is 4.79 Å². The van der Waals surface area contributed by atoms with Gasteiger partial charge in [0.25, 0.3) is 0 Å². The molecule has 3 nitrogen and oxygen atoms in total. The van der Waals surface area contributed by atoms with Crippen molar-refractivity contribution in [2.24, 2.45) is 0 Å². The van der Waals surface area contributed by atoms with E-state index in [1.807, 2.05) is 11.8 Å². The van der Waals surface area contributed by atoms with Crippen molar-refractivity contribution in [2.45, 2.75) is 6.42 Å². The molecule has 1 aliphatic heterocycles. The first-order valence-corrected chi connectivity index (χ1v) is 4.96. The van der Waals surface area contributed by atoms with Crippen LogP contribution in [0.25, 0.3) is 0 Å². The fourth-order valence-electron chi connectivity index (χ4n) is 1.08. The minimum Gasteiger partial charge on any atom is -0.481 e. The van der Waals surface area contributed by atoms with Crippen LogP contribution in [-0.4, -0.2) is 47.1 Å². The maximum atomic E-state index is 10.2. The molecule has 1 N–H and O–H groups in total. The van der Waals surface area contributed by atoms with Crippen molar-refractivity contribution >= 4 is 30.1 Å². The van der Waals surface area contributed by atoms with Crippen LogP contribution in [0, 0.1) is 0 Å². The minimum atomic E-state index is -0.691. The largest absolute Gasteiger partial charge is 0.481 e. The number of aliphatic carboxylic acids is 1. The average molecular weight is 212 g/mol. The van der Waals surface area contributed by atoms with E-state index in [1.165, 1.54) is 0 Å². The van der Waals surface area contributed by atoms with Gasteiger partial charge in [-0.1, -0.05) is 0 Å². The standard InChI is InChI=1S/C7H13NO2S.ClH/c9-7(10)1-2-8-3-5-11-6-4-8;/h1-6H2,(H,9,10);1H. The van der Waals surface area contributed by atoms with E-state index in [0.29, 0.717) is 0 Å². The summed E-state index contributed by atoms with van der Waals surface area (Å²) in [6.07, 6.45) is 0.282. The van der Waals surface area contributed by atoms with Crippen molar-refractivity contribution in [1.82, 2.24) is 4.90 Å². The molecule has 72 valence electrons. The van der Waals surface area contributed by atoms with E-state index in [2.05, 4.69) is 4.90 Å². The molecule has 0 radical (unpaired) electrons. The molecule has 12 heavy (non-hydrogen) atoms. The highest BCUT2D eigenvalue weighted by Crippen LogP contribution is 2.08. The number of carbonyl (C=O) groups is 1. The Kier molecular flexibility index (Phi) is 6.61. The lowest BCUT2D eigenvalue weighted by atomic mass is 10.4. The molecule has 0 aromatic heterocycles. The van der Waals surface area contributed by atoms with Gasteiger partial charge in [-0.15, -0.1) is 12.4 Å². The fourth-order valence-corrected chi connectivity index (χ4v) is 2.06. The second-order valence-electron chi connectivity index (χ2n) is 2.60. The number of carboxylic acid groups (broad SMARTS) is 1. The minimum absolute atomic E-state index is 0. The molecule has 0 spiro atoms. The molecule has 0 aliphatic carbocycles. The van der Waals surface area contributed by atoms with Crippen LogP contribution in [0.5, 0.6) is 0 Å². The maximum Gasteiger partial charge on any atom is 0.304 e. The van der Waals surface area contributed by atoms with E-state index in [-0.39, 0.29) is 18.8 Å². The smallest absolute Gasteiger partial charge is 0.304 e. The Bertz CT molecular complexity index is 139. The Balaban J connectivity index is 0.00000121. The summed E-state index contributed by atoms with van der Waals surface area (Å²) in [7, 11) is 0. The number of carboxylic acids is 1. The van der Waals surface area contributed by atoms with E-state index in [9.17, 15) is 4.79 Å². The molecule has 0 saturated carbocycles. The molecule has 0 amide bonds. The third-order valence-electron chi connectivity index (χ3n) is 1.75. The lowest BCUT2D eigenvalue weighted by molar-refractivity contribution is -0.137. The molecule has 1 aliphatic rings. The van der Waals surface area contributed by atoms with Crippen molar-refractivity contribution in [1.29, 1.82) is 0 Å². The van der Waals surface area contributed by atoms with Gasteiger partial charge in [-0.2, -0.15) is 11.8 Å². The number of nitrogens with zero attached hydrogens (tertiary/aromatic N) is 1. The lowest BCUT2D eigenvalue weighted by Crippen LogP contribution is -2.34. The van der Waals surface area contributed by atoms with Crippen LogP contribution < -0.4 is 0 Å². The van der Waals surface area contributed by atoms with Gasteiger partial charge in [0, 0.05) is 31.1 Å². The highest BCUT2D eigenvalue weighted by molar-refractivity contribution is 7.99. The van der Waals surface area contributed by atoms with Crippen LogP contribution >= 0.6 is 24.2 Å². The van der Waals surface area contributed by atoms with Gasteiger partial charge in [-0.25, -0.2) is 0 Å². The zero-order chi connectivity index (χ0) is 8.10. The van der Waals surface area contributed by atoms with Crippen LogP contribution in [0.1, 0.15) is 6.42 Å². The number of hydrogen-bond donors (Lipinski definition) is 1. The van der Waals surface area contributed by atoms with E-state index >= 15 is 0 Å². The van der Waals surface area contributed by atoms with Gasteiger partial charge >= 0.3 is 5.97 Å². The highest BCUT2D eigenvalue weighted by Gasteiger charge is 2.10. The van der Waals surface area contributed by atoms with Gasteiger partial charge in [-0.05, 0) is 0 Å². The number of hydrogen-bond acceptors (Lipinski definition) is 3. The Labute approximate surface area is 82.9 Å². The third-order valence-corrected chi connectivity index (χ3v) is 2.69. The van der Waals surface area contributed by atoms with Crippen LogP contribution in [0.4, 0.5) is 0 Å². The summed E-state index contributed by atoms with van der Waals surface area (Å²) < 4.78 is 0. The Morgan fingerprint density at radius 3 is 2.50 bits per heavy atom. The molecular formula is C7H14ClNO2S. The summed E-state index contributed by atoms with van der Waals surface area (Å²) in [5, 5.41) is 8.41. The van der Waals surface area contributed by atoms with Gasteiger partial charge in [0.15, 0.2) is 0 Å². The summed E-state index contributed by atoms with van der Waals surface area (Å²) in [4.78, 5) is 12.4. The fraction of sp³-hybridized carbons (Fsp3) is 0.857. The predicted octanol–water partition coefficient (Wildman–Crippen LogP) is 0.932. The van der Waals surface area contributed by atoms with E-state index < -0.39 is 5.97 Å². The molecular weight excluding hydrogens is 198 g/mol. The van der Waals surface area contributed by atoms with Crippen LogP contribution in [0.15, 0.2) is 0 Å². The first kappa shape index (κ1) is 12.1. The first-order chi connectivity index (χ1) is 5.29. The zero-order valence-corrected chi connectivity index (χ0v) is 8.49. The summed E-state index contributed by atoms with van der Waals surface area (Å²) in [6, 6.07) is 0. The molecule has 5 heteroatoms. The van der Waals surface area contributed by atoms with E-state index in [4.69, 9.17) is 5.11 Å². The summed E-state index contributed by atoms with van der Waals surface area (Å²) in [5.41, 5.74) is 0.